The number of aromatic hydroxyl groups is 4. The maximum Gasteiger partial charge on any atom is 0.402 e. The number of hydrogen-bond donors (Lipinski definition) is 13. The molecule has 4 aromatic carbocycles. The van der Waals surface area contributed by atoms with Gasteiger partial charge in [0.2, 0.25) is 18.3 Å². The van der Waals surface area contributed by atoms with Gasteiger partial charge >= 0.3 is 35.2 Å². The van der Waals surface area contributed by atoms with Crippen molar-refractivity contribution in [3.8, 4) is 57.3 Å². The van der Waals surface area contributed by atoms with Gasteiger partial charge in [-0.25, -0.2) is 14.0 Å². The van der Waals surface area contributed by atoms with E-state index in [0.717, 1.165) is 24.3 Å². The van der Waals surface area contributed by atoms with Crippen molar-refractivity contribution in [2.45, 2.75) is 98.5 Å². The van der Waals surface area contributed by atoms with E-state index in [-0.39, 0.29) is 51.0 Å². The quantitative estimate of drug-likeness (QED) is 0.0151. The summed E-state index contributed by atoms with van der Waals surface area (Å²) in [6.45, 7) is -2.62. The van der Waals surface area contributed by atoms with Gasteiger partial charge in [0.25, 0.3) is 0 Å². The highest BCUT2D eigenvalue weighted by Gasteiger charge is 2.54. The minimum atomic E-state index is -2.20. The standard InChI is InChI=1S/C56H58O29/c1-74-34-15-25(5-11-30(34)60)7-14-42(65)84-52-48(71)44(67)37(21-57)81-56(52)85-53-49(72)46(69)39(22-76-41(64)13-6-24-3-9-27(58)10-4-24)83-55(53)80-36-19-29-32(78-51(36)26-8-12-31(61)35(16-26)75-2)17-28(59)18-33(29)79-54-50(73)47(70)45(68)38(82-54)23-77-43(66)20-40(62)63/h3-19,37-39,44-50,52-57,67-73H,20-23H2,1-2H3,(H4-,58,59,60,61,62,63,64,65)/p+1/t37-,38-,39-,44-,45-,46-,47+,48+,49+,50-,52-,53-,54-,55-,56+/m1/s1. The summed E-state index contributed by atoms with van der Waals surface area (Å²) in [5.41, 5.74) is 0.608. The third-order valence-electron chi connectivity index (χ3n) is 13.4. The number of methoxy groups -OCH3 is 2. The Morgan fingerprint density at radius 1 is 0.553 bits per heavy atom. The van der Waals surface area contributed by atoms with Gasteiger partial charge in [-0.1, -0.05) is 18.2 Å². The molecule has 85 heavy (non-hydrogen) atoms. The van der Waals surface area contributed by atoms with E-state index in [1.54, 1.807) is 0 Å². The summed E-state index contributed by atoms with van der Waals surface area (Å²) in [5, 5.41) is 139. The van der Waals surface area contributed by atoms with Gasteiger partial charge in [0.15, 0.2) is 41.5 Å². The summed E-state index contributed by atoms with van der Waals surface area (Å²) in [6.07, 6.45) is -26.2. The molecule has 5 aromatic rings. The lowest BCUT2D eigenvalue weighted by Crippen LogP contribution is -2.65. The van der Waals surface area contributed by atoms with Gasteiger partial charge in [-0.05, 0) is 59.7 Å². The van der Waals surface area contributed by atoms with E-state index in [9.17, 15) is 80.5 Å². The van der Waals surface area contributed by atoms with E-state index < -0.39 is 159 Å². The minimum absolute atomic E-state index is 0.0413. The highest BCUT2D eigenvalue weighted by atomic mass is 16.8. The van der Waals surface area contributed by atoms with Gasteiger partial charge in [-0.2, -0.15) is 0 Å². The lowest BCUT2D eigenvalue weighted by Gasteiger charge is -2.46. The predicted octanol–water partition coefficient (Wildman–Crippen LogP) is -0.0437. The molecule has 3 saturated heterocycles. The van der Waals surface area contributed by atoms with Crippen molar-refractivity contribution in [2.75, 3.05) is 34.0 Å². The van der Waals surface area contributed by atoms with Crippen molar-refractivity contribution in [1.82, 2.24) is 0 Å². The fourth-order valence-corrected chi connectivity index (χ4v) is 8.95. The molecule has 3 aliphatic heterocycles. The second kappa shape index (κ2) is 27.5. The fourth-order valence-electron chi connectivity index (χ4n) is 8.95. The zero-order chi connectivity index (χ0) is 61.4. The van der Waals surface area contributed by atoms with Gasteiger partial charge in [0.05, 0.1) is 32.5 Å². The number of ether oxygens (including phenoxy) is 11. The first-order valence-corrected chi connectivity index (χ1v) is 25.7. The third kappa shape index (κ3) is 14.9. The summed E-state index contributed by atoms with van der Waals surface area (Å²) in [6, 6.07) is 16.9. The number of rotatable bonds is 21. The Labute approximate surface area is 479 Å². The Kier molecular flexibility index (Phi) is 20.3. The van der Waals surface area contributed by atoms with Crippen molar-refractivity contribution < 1.29 is 142 Å². The lowest BCUT2D eigenvalue weighted by molar-refractivity contribution is -0.358. The van der Waals surface area contributed by atoms with Crippen LogP contribution in [0.5, 0.6) is 46.0 Å². The van der Waals surface area contributed by atoms with Gasteiger partial charge in [0.1, 0.15) is 103 Å². The summed E-state index contributed by atoms with van der Waals surface area (Å²) >= 11 is 0. The number of esters is 3. The van der Waals surface area contributed by atoms with Crippen LogP contribution in [0.4, 0.5) is 0 Å². The van der Waals surface area contributed by atoms with Gasteiger partial charge in [0, 0.05) is 30.4 Å². The molecule has 15 atom stereocenters. The Bertz CT molecular complexity index is 3240. The van der Waals surface area contributed by atoms with Crippen LogP contribution in [0.3, 0.4) is 0 Å². The van der Waals surface area contributed by atoms with Crippen molar-refractivity contribution in [2.24, 2.45) is 0 Å². The van der Waals surface area contributed by atoms with E-state index in [1.165, 1.54) is 93.1 Å². The van der Waals surface area contributed by atoms with Crippen molar-refractivity contribution in [1.29, 1.82) is 0 Å². The first-order valence-electron chi connectivity index (χ1n) is 25.7. The fraction of sp³-hybridized carbons (Fsp3) is 0.375. The number of aliphatic hydroxyl groups excluding tert-OH is 8. The molecule has 1 aromatic heterocycles. The molecule has 13 N–H and O–H groups in total. The predicted molar refractivity (Wildman–Crippen MR) is 282 cm³/mol. The number of carbonyl (C=O) groups excluding carboxylic acids is 3. The average Bonchev–Trinajstić information content (AvgIpc) is 1.35. The van der Waals surface area contributed by atoms with Crippen LogP contribution in [0.15, 0.2) is 95.4 Å². The largest absolute Gasteiger partial charge is 0.508 e. The van der Waals surface area contributed by atoms with E-state index in [1.807, 2.05) is 0 Å². The summed E-state index contributed by atoms with van der Waals surface area (Å²) in [4.78, 5) is 49.7. The molecule has 456 valence electrons. The summed E-state index contributed by atoms with van der Waals surface area (Å²) in [7, 11) is 2.53. The zero-order valence-corrected chi connectivity index (χ0v) is 44.6. The minimum Gasteiger partial charge on any atom is -0.508 e. The van der Waals surface area contributed by atoms with Crippen molar-refractivity contribution in [3.63, 3.8) is 0 Å². The second-order valence-corrected chi connectivity index (χ2v) is 19.2. The molecule has 29 heteroatoms. The van der Waals surface area contributed by atoms with Crippen LogP contribution >= 0.6 is 0 Å². The number of carboxylic acid groups (broad SMARTS) is 1. The maximum absolute atomic E-state index is 13.5. The Balaban J connectivity index is 1.18. The van der Waals surface area contributed by atoms with E-state index in [0.29, 0.717) is 11.1 Å². The first kappa shape index (κ1) is 62.6. The van der Waals surface area contributed by atoms with Crippen molar-refractivity contribution in [3.05, 3.63) is 102 Å². The monoisotopic (exact) mass is 1200 g/mol. The van der Waals surface area contributed by atoms with Crippen LogP contribution in [0.1, 0.15) is 17.5 Å². The number of hydrogen-bond acceptors (Lipinski definition) is 27. The molecule has 8 rings (SSSR count). The van der Waals surface area contributed by atoms with Crippen LogP contribution in [-0.2, 0) is 52.3 Å². The van der Waals surface area contributed by atoms with Crippen molar-refractivity contribution >= 4 is 47.0 Å². The number of aliphatic hydroxyl groups is 8. The third-order valence-corrected chi connectivity index (χ3v) is 13.4. The maximum atomic E-state index is 13.5. The Morgan fingerprint density at radius 2 is 1.13 bits per heavy atom. The van der Waals surface area contributed by atoms with E-state index in [4.69, 9.17) is 61.6 Å². The molecule has 0 bridgehead atoms. The first-order chi connectivity index (χ1) is 40.5. The van der Waals surface area contributed by atoms with Crippen LogP contribution < -0.4 is 18.9 Å². The zero-order valence-electron chi connectivity index (χ0n) is 44.6. The number of phenolic OH excluding ortho intramolecular Hbond substituents is 4. The average molecular weight is 1200 g/mol. The Hall–Kier alpha value is -8.43. The summed E-state index contributed by atoms with van der Waals surface area (Å²) < 4.78 is 69.2. The molecule has 0 radical (unpaired) electrons. The molecular weight excluding hydrogens is 1140 g/mol. The highest BCUT2D eigenvalue weighted by Crippen LogP contribution is 2.44. The molecular formula is C56H59O29+. The number of carbonyl (C=O) groups is 4. The molecule has 0 spiro atoms. The number of aliphatic carboxylic acids is 1. The number of carboxylic acids is 1. The van der Waals surface area contributed by atoms with E-state index in [2.05, 4.69) is 0 Å². The van der Waals surface area contributed by atoms with E-state index >= 15 is 0 Å². The number of benzene rings is 4. The molecule has 3 aliphatic rings. The van der Waals surface area contributed by atoms with Crippen LogP contribution in [0, 0.1) is 0 Å². The molecule has 29 nitrogen and oxygen atoms in total. The Morgan fingerprint density at radius 3 is 1.81 bits per heavy atom. The lowest BCUT2D eigenvalue weighted by atomic mass is 9.97. The van der Waals surface area contributed by atoms with Crippen LogP contribution in [-0.4, -0.2) is 216 Å². The van der Waals surface area contributed by atoms with Crippen LogP contribution in [0.25, 0.3) is 34.4 Å². The SMILES string of the molecule is COc1cc(C=CC(=O)O[C@H]2[C@H](O[C@H]3[C@H](Oc4cc5c(O[C@@H]6O[C@H](COC(=O)CC(=O)O)[C@@H](O)[C@H](O)[C@H]6O)cc(O)cc5[o+]c4-c4ccc(O)c(OC)c4)O[C@H](COC(=O)C=Cc4ccc(O)cc4)[C@@H](O)[C@@H]3O)O[C@H](CO)[C@@H](O)[C@@H]2O)ccc1O. The van der Waals surface area contributed by atoms with Gasteiger partial charge in [-0.3, -0.25) is 9.59 Å². The molecule has 3 fully saturated rings. The second-order valence-electron chi connectivity index (χ2n) is 19.2. The van der Waals surface area contributed by atoms with Crippen LogP contribution in [0.2, 0.25) is 0 Å². The topological polar surface area (TPSA) is 444 Å². The number of phenols is 4. The summed E-state index contributed by atoms with van der Waals surface area (Å²) in [5.74, 6) is -7.32. The smallest absolute Gasteiger partial charge is 0.402 e. The molecule has 4 heterocycles. The molecule has 0 amide bonds. The molecule has 0 saturated carbocycles. The number of fused-ring (bicyclic) bond motifs is 1. The van der Waals surface area contributed by atoms with Gasteiger partial charge in [-0.15, -0.1) is 0 Å². The highest BCUT2D eigenvalue weighted by molar-refractivity contribution is 5.91. The normalized spacial score (nSPS) is 27.7. The molecule has 0 unspecified atom stereocenters. The molecule has 0 aliphatic carbocycles. The van der Waals surface area contributed by atoms with Gasteiger partial charge < -0.3 is 118 Å².